The van der Waals surface area contributed by atoms with E-state index in [1.54, 1.807) is 25.1 Å². The molecule has 0 saturated carbocycles. The minimum Gasteiger partial charge on any atom is -0.486 e. The summed E-state index contributed by atoms with van der Waals surface area (Å²) in [6.45, 7) is 6.99. The Bertz CT molecular complexity index is 757. The Morgan fingerprint density at radius 1 is 1.04 bits per heavy atom. The lowest BCUT2D eigenvalue weighted by Crippen LogP contribution is -2.30. The van der Waals surface area contributed by atoms with E-state index in [9.17, 15) is 4.79 Å². The Labute approximate surface area is 147 Å². The molecule has 1 N–H and O–H groups in total. The van der Waals surface area contributed by atoms with Crippen LogP contribution in [0.4, 0.5) is 5.69 Å². The SMILES string of the molecule is CC(C)c1ccccc1O[C@@H](C)C(=O)Nc1ccc2c(c1)OCCO2. The van der Waals surface area contributed by atoms with Crippen molar-refractivity contribution in [3.8, 4) is 17.2 Å². The van der Waals surface area contributed by atoms with Gasteiger partial charge in [0.05, 0.1) is 0 Å². The summed E-state index contributed by atoms with van der Waals surface area (Å²) in [5.74, 6) is 2.18. The first-order valence-corrected chi connectivity index (χ1v) is 8.50. The van der Waals surface area contributed by atoms with E-state index in [0.717, 1.165) is 11.3 Å². The lowest BCUT2D eigenvalue weighted by Gasteiger charge is -2.20. The van der Waals surface area contributed by atoms with E-state index in [1.807, 2.05) is 24.3 Å². The van der Waals surface area contributed by atoms with E-state index in [0.29, 0.717) is 36.3 Å². The fourth-order valence-corrected chi connectivity index (χ4v) is 2.67. The third kappa shape index (κ3) is 4.05. The van der Waals surface area contributed by atoms with Crippen molar-refractivity contribution in [1.29, 1.82) is 0 Å². The molecule has 1 aliphatic heterocycles. The van der Waals surface area contributed by atoms with Crippen molar-refractivity contribution < 1.29 is 19.0 Å². The van der Waals surface area contributed by atoms with Crippen molar-refractivity contribution in [1.82, 2.24) is 0 Å². The number of hydrogen-bond donors (Lipinski definition) is 1. The first-order chi connectivity index (χ1) is 12.0. The molecule has 0 aromatic heterocycles. The fraction of sp³-hybridized carbons (Fsp3) is 0.350. The third-order valence-corrected chi connectivity index (χ3v) is 4.02. The van der Waals surface area contributed by atoms with Crippen LogP contribution in [-0.4, -0.2) is 25.2 Å². The quantitative estimate of drug-likeness (QED) is 0.893. The summed E-state index contributed by atoms with van der Waals surface area (Å²) < 4.78 is 16.9. The molecule has 5 heteroatoms. The van der Waals surface area contributed by atoms with Gasteiger partial charge in [-0.1, -0.05) is 32.0 Å². The third-order valence-electron chi connectivity index (χ3n) is 4.02. The maximum absolute atomic E-state index is 12.5. The van der Waals surface area contributed by atoms with Crippen LogP contribution < -0.4 is 19.5 Å². The molecular formula is C20H23NO4. The maximum atomic E-state index is 12.5. The highest BCUT2D eigenvalue weighted by molar-refractivity contribution is 5.94. The van der Waals surface area contributed by atoms with Crippen molar-refractivity contribution >= 4 is 11.6 Å². The molecule has 1 atom stereocenters. The highest BCUT2D eigenvalue weighted by Crippen LogP contribution is 2.33. The molecule has 0 radical (unpaired) electrons. The van der Waals surface area contributed by atoms with Gasteiger partial charge in [-0.05, 0) is 36.6 Å². The number of ether oxygens (including phenoxy) is 3. The molecule has 0 fully saturated rings. The lowest BCUT2D eigenvalue weighted by molar-refractivity contribution is -0.122. The van der Waals surface area contributed by atoms with E-state index < -0.39 is 6.10 Å². The summed E-state index contributed by atoms with van der Waals surface area (Å²) in [6.07, 6.45) is -0.617. The first kappa shape index (κ1) is 17.1. The van der Waals surface area contributed by atoms with E-state index in [-0.39, 0.29) is 5.91 Å². The zero-order chi connectivity index (χ0) is 17.8. The van der Waals surface area contributed by atoms with Crippen molar-refractivity contribution in [2.24, 2.45) is 0 Å². The van der Waals surface area contributed by atoms with Crippen LogP contribution >= 0.6 is 0 Å². The van der Waals surface area contributed by atoms with Crippen LogP contribution in [0.3, 0.4) is 0 Å². The van der Waals surface area contributed by atoms with Gasteiger partial charge in [0.25, 0.3) is 5.91 Å². The second-order valence-electron chi connectivity index (χ2n) is 6.30. The summed E-state index contributed by atoms with van der Waals surface area (Å²) in [5.41, 5.74) is 1.74. The highest BCUT2D eigenvalue weighted by Gasteiger charge is 2.19. The van der Waals surface area contributed by atoms with Crippen LogP contribution in [0.25, 0.3) is 0 Å². The minimum atomic E-state index is -0.617. The van der Waals surface area contributed by atoms with Crippen molar-refractivity contribution in [2.75, 3.05) is 18.5 Å². The van der Waals surface area contributed by atoms with Crippen LogP contribution in [0.5, 0.6) is 17.2 Å². The average Bonchev–Trinajstić information content (AvgIpc) is 2.61. The minimum absolute atomic E-state index is 0.213. The molecule has 25 heavy (non-hydrogen) atoms. The van der Waals surface area contributed by atoms with Gasteiger partial charge in [0.1, 0.15) is 19.0 Å². The van der Waals surface area contributed by atoms with Gasteiger partial charge in [-0.25, -0.2) is 0 Å². The predicted octanol–water partition coefficient (Wildman–Crippen LogP) is 3.99. The van der Waals surface area contributed by atoms with Gasteiger partial charge in [0.2, 0.25) is 0 Å². The molecule has 0 aliphatic carbocycles. The van der Waals surface area contributed by atoms with Crippen LogP contribution in [0.1, 0.15) is 32.3 Å². The second-order valence-corrected chi connectivity index (χ2v) is 6.30. The number of para-hydroxylation sites is 1. The van der Waals surface area contributed by atoms with Crippen LogP contribution in [-0.2, 0) is 4.79 Å². The van der Waals surface area contributed by atoms with Gasteiger partial charge in [-0.15, -0.1) is 0 Å². The average molecular weight is 341 g/mol. The van der Waals surface area contributed by atoms with Crippen LogP contribution in [0.15, 0.2) is 42.5 Å². The Morgan fingerprint density at radius 3 is 2.52 bits per heavy atom. The molecule has 1 heterocycles. The molecule has 1 aliphatic rings. The lowest BCUT2D eigenvalue weighted by atomic mass is 10.0. The second kappa shape index (κ2) is 7.47. The number of carbonyl (C=O) groups excluding carboxylic acids is 1. The predicted molar refractivity (Wildman–Crippen MR) is 96.7 cm³/mol. The summed E-state index contributed by atoms with van der Waals surface area (Å²) >= 11 is 0. The number of nitrogens with one attached hydrogen (secondary N) is 1. The van der Waals surface area contributed by atoms with E-state index in [4.69, 9.17) is 14.2 Å². The van der Waals surface area contributed by atoms with Gasteiger partial charge in [-0.3, -0.25) is 4.79 Å². The van der Waals surface area contributed by atoms with Gasteiger partial charge >= 0.3 is 0 Å². The molecule has 3 rings (SSSR count). The number of anilines is 1. The number of rotatable bonds is 5. The summed E-state index contributed by atoms with van der Waals surface area (Å²) in [6, 6.07) is 13.1. The highest BCUT2D eigenvalue weighted by atomic mass is 16.6. The fourth-order valence-electron chi connectivity index (χ4n) is 2.67. The smallest absolute Gasteiger partial charge is 0.265 e. The zero-order valence-electron chi connectivity index (χ0n) is 14.7. The van der Waals surface area contributed by atoms with Crippen molar-refractivity contribution in [3.05, 3.63) is 48.0 Å². The summed E-state index contributed by atoms with van der Waals surface area (Å²) in [7, 11) is 0. The zero-order valence-corrected chi connectivity index (χ0v) is 14.7. The number of amides is 1. The van der Waals surface area contributed by atoms with E-state index >= 15 is 0 Å². The van der Waals surface area contributed by atoms with Gasteiger partial charge in [0.15, 0.2) is 17.6 Å². The molecule has 0 bridgehead atoms. The van der Waals surface area contributed by atoms with Crippen LogP contribution in [0, 0.1) is 0 Å². The molecule has 0 spiro atoms. The topological polar surface area (TPSA) is 56.8 Å². The largest absolute Gasteiger partial charge is 0.486 e. The Hall–Kier alpha value is -2.69. The molecule has 132 valence electrons. The summed E-state index contributed by atoms with van der Waals surface area (Å²) in [4.78, 5) is 12.5. The van der Waals surface area contributed by atoms with Gasteiger partial charge < -0.3 is 19.5 Å². The van der Waals surface area contributed by atoms with E-state index in [1.165, 1.54) is 0 Å². The first-order valence-electron chi connectivity index (χ1n) is 8.50. The normalized spacial score (nSPS) is 14.1. The molecule has 5 nitrogen and oxygen atoms in total. The maximum Gasteiger partial charge on any atom is 0.265 e. The van der Waals surface area contributed by atoms with Crippen molar-refractivity contribution in [2.45, 2.75) is 32.8 Å². The molecular weight excluding hydrogens is 318 g/mol. The monoisotopic (exact) mass is 341 g/mol. The van der Waals surface area contributed by atoms with E-state index in [2.05, 4.69) is 19.2 Å². The number of carbonyl (C=O) groups is 1. The van der Waals surface area contributed by atoms with Gasteiger partial charge in [-0.2, -0.15) is 0 Å². The molecule has 0 saturated heterocycles. The number of hydrogen-bond acceptors (Lipinski definition) is 4. The Kier molecular flexibility index (Phi) is 5.12. The Morgan fingerprint density at radius 2 is 1.76 bits per heavy atom. The molecule has 2 aromatic rings. The molecule has 0 unspecified atom stereocenters. The van der Waals surface area contributed by atoms with Gasteiger partial charge in [0, 0.05) is 11.8 Å². The number of benzene rings is 2. The molecule has 1 amide bonds. The summed E-state index contributed by atoms with van der Waals surface area (Å²) in [5, 5.41) is 2.86. The standard InChI is InChI=1S/C20H23NO4/c1-13(2)16-6-4-5-7-17(16)25-14(3)20(22)21-15-8-9-18-19(12-15)24-11-10-23-18/h4-9,12-14H,10-11H2,1-3H3,(H,21,22)/t14-/m0/s1. The Balaban J connectivity index is 1.67. The van der Waals surface area contributed by atoms with Crippen LogP contribution in [0.2, 0.25) is 0 Å². The molecule has 2 aromatic carbocycles. The van der Waals surface area contributed by atoms with Crippen molar-refractivity contribution in [3.63, 3.8) is 0 Å². The number of fused-ring (bicyclic) bond motifs is 1.